The van der Waals surface area contributed by atoms with Crippen molar-refractivity contribution in [2.24, 2.45) is 5.92 Å². The van der Waals surface area contributed by atoms with Gasteiger partial charge in [-0.1, -0.05) is 19.8 Å². The lowest BCUT2D eigenvalue weighted by Crippen LogP contribution is -2.27. The van der Waals surface area contributed by atoms with Crippen molar-refractivity contribution in [3.63, 3.8) is 0 Å². The van der Waals surface area contributed by atoms with Crippen molar-refractivity contribution in [3.05, 3.63) is 11.9 Å². The number of aromatic nitrogens is 2. The number of hydrogen-bond donors (Lipinski definition) is 1. The third-order valence-electron chi connectivity index (χ3n) is 4.17. The Balaban J connectivity index is 1.89. The van der Waals surface area contributed by atoms with Crippen LogP contribution in [-0.4, -0.2) is 16.1 Å². The van der Waals surface area contributed by atoms with E-state index in [2.05, 4.69) is 28.0 Å². The summed E-state index contributed by atoms with van der Waals surface area (Å²) in [6.45, 7) is 3.28. The van der Waals surface area contributed by atoms with Crippen molar-refractivity contribution >= 4 is 5.95 Å². The van der Waals surface area contributed by atoms with Crippen LogP contribution in [0.3, 0.4) is 0 Å². The van der Waals surface area contributed by atoms with Crippen molar-refractivity contribution in [2.45, 2.75) is 51.5 Å². The molecule has 1 aliphatic carbocycles. The van der Waals surface area contributed by atoms with Crippen molar-refractivity contribution < 1.29 is 0 Å². The molecular weight excluding hydrogens is 198 g/mol. The molecule has 0 spiro atoms. The molecule has 16 heavy (non-hydrogen) atoms. The molecule has 1 N–H and O–H groups in total. The Morgan fingerprint density at radius 3 is 2.94 bits per heavy atom. The van der Waals surface area contributed by atoms with E-state index >= 15 is 0 Å². The molecule has 0 aromatic carbocycles. The van der Waals surface area contributed by atoms with Crippen LogP contribution >= 0.6 is 0 Å². The fourth-order valence-corrected chi connectivity index (χ4v) is 3.27. The van der Waals surface area contributed by atoms with Crippen LogP contribution in [0.25, 0.3) is 0 Å². The summed E-state index contributed by atoms with van der Waals surface area (Å²) in [6.07, 6.45) is 10.3. The van der Waals surface area contributed by atoms with Gasteiger partial charge in [-0.25, -0.2) is 4.98 Å². The van der Waals surface area contributed by atoms with E-state index in [1.54, 1.807) is 0 Å². The second-order valence-corrected chi connectivity index (χ2v) is 5.14. The minimum absolute atomic E-state index is 0.714. The van der Waals surface area contributed by atoms with Crippen molar-refractivity contribution in [2.75, 3.05) is 11.9 Å². The number of hydrogen-bond acceptors (Lipinski definition) is 2. The van der Waals surface area contributed by atoms with Crippen molar-refractivity contribution in [3.8, 4) is 0 Å². The third-order valence-corrected chi connectivity index (χ3v) is 4.17. The van der Waals surface area contributed by atoms with Gasteiger partial charge in [0, 0.05) is 18.8 Å². The van der Waals surface area contributed by atoms with E-state index in [9.17, 15) is 0 Å². The van der Waals surface area contributed by atoms with Gasteiger partial charge in [0.2, 0.25) is 5.95 Å². The molecule has 1 atom stereocenters. The summed E-state index contributed by atoms with van der Waals surface area (Å²) in [6, 6.07) is 0.714. The lowest BCUT2D eigenvalue weighted by molar-refractivity contribution is 0.312. The predicted octanol–water partition coefficient (Wildman–Crippen LogP) is 2.99. The first-order valence-electron chi connectivity index (χ1n) is 6.70. The average molecular weight is 219 g/mol. The molecule has 1 aromatic heterocycles. The molecule has 0 bridgehead atoms. The topological polar surface area (TPSA) is 29.9 Å². The largest absolute Gasteiger partial charge is 0.356 e. The Hall–Kier alpha value is -0.990. The average Bonchev–Trinajstić information content (AvgIpc) is 2.97. The SMILES string of the molecule is CCc1cn2c(n1)NCCC2C1CCCC1. The normalized spacial score (nSPS) is 25.4. The second kappa shape index (κ2) is 4.11. The zero-order chi connectivity index (χ0) is 11.0. The number of fused-ring (bicyclic) bond motifs is 1. The summed E-state index contributed by atoms with van der Waals surface area (Å²) in [7, 11) is 0. The Bertz CT molecular complexity index is 363. The molecule has 3 heteroatoms. The van der Waals surface area contributed by atoms with Gasteiger partial charge in [-0.15, -0.1) is 0 Å². The van der Waals surface area contributed by atoms with Gasteiger partial charge >= 0.3 is 0 Å². The molecule has 0 amide bonds. The predicted molar refractivity (Wildman–Crippen MR) is 65.7 cm³/mol. The molecule has 0 radical (unpaired) electrons. The van der Waals surface area contributed by atoms with Crippen LogP contribution in [0.15, 0.2) is 6.20 Å². The van der Waals surface area contributed by atoms with E-state index in [4.69, 9.17) is 0 Å². The van der Waals surface area contributed by atoms with Crippen LogP contribution in [0, 0.1) is 5.92 Å². The first-order valence-corrected chi connectivity index (χ1v) is 6.70. The summed E-state index contributed by atoms with van der Waals surface area (Å²) >= 11 is 0. The summed E-state index contributed by atoms with van der Waals surface area (Å²) in [5, 5.41) is 3.42. The van der Waals surface area contributed by atoms with Crippen LogP contribution in [0.2, 0.25) is 0 Å². The lowest BCUT2D eigenvalue weighted by atomic mass is 9.94. The van der Waals surface area contributed by atoms with Crippen LogP contribution in [0.1, 0.15) is 50.8 Å². The van der Waals surface area contributed by atoms with E-state index < -0.39 is 0 Å². The van der Waals surface area contributed by atoms with E-state index in [1.807, 2.05) is 0 Å². The maximum atomic E-state index is 4.64. The van der Waals surface area contributed by atoms with E-state index in [1.165, 1.54) is 37.8 Å². The highest BCUT2D eigenvalue weighted by Gasteiger charge is 2.30. The van der Waals surface area contributed by atoms with Crippen LogP contribution < -0.4 is 5.32 Å². The molecule has 1 fully saturated rings. The van der Waals surface area contributed by atoms with Gasteiger partial charge in [0.1, 0.15) is 0 Å². The molecule has 88 valence electrons. The van der Waals surface area contributed by atoms with Crippen LogP contribution in [-0.2, 0) is 6.42 Å². The molecule has 2 heterocycles. The van der Waals surface area contributed by atoms with E-state index in [0.29, 0.717) is 6.04 Å². The van der Waals surface area contributed by atoms with Crippen molar-refractivity contribution in [1.29, 1.82) is 0 Å². The van der Waals surface area contributed by atoms with Gasteiger partial charge in [0.15, 0.2) is 0 Å². The number of nitrogens with zero attached hydrogens (tertiary/aromatic N) is 2. The minimum atomic E-state index is 0.714. The quantitative estimate of drug-likeness (QED) is 0.828. The van der Waals surface area contributed by atoms with E-state index in [-0.39, 0.29) is 0 Å². The van der Waals surface area contributed by atoms with Crippen molar-refractivity contribution in [1.82, 2.24) is 9.55 Å². The molecule has 0 saturated heterocycles. The number of aryl methyl sites for hydroxylation is 1. The zero-order valence-corrected chi connectivity index (χ0v) is 10.1. The summed E-state index contributed by atoms with van der Waals surface area (Å²) < 4.78 is 2.42. The molecule has 1 saturated carbocycles. The van der Waals surface area contributed by atoms with Crippen LogP contribution in [0.4, 0.5) is 5.95 Å². The maximum absolute atomic E-state index is 4.64. The Labute approximate surface area is 97.3 Å². The molecule has 2 aliphatic rings. The van der Waals surface area contributed by atoms with Gasteiger partial charge < -0.3 is 9.88 Å². The second-order valence-electron chi connectivity index (χ2n) is 5.14. The number of nitrogens with one attached hydrogen (secondary N) is 1. The summed E-state index contributed by atoms with van der Waals surface area (Å²) in [5.41, 5.74) is 1.23. The molecule has 1 unspecified atom stereocenters. The maximum Gasteiger partial charge on any atom is 0.203 e. The molecule has 1 aromatic rings. The summed E-state index contributed by atoms with van der Waals surface area (Å²) in [4.78, 5) is 4.64. The highest BCUT2D eigenvalue weighted by atomic mass is 15.2. The smallest absolute Gasteiger partial charge is 0.203 e. The van der Waals surface area contributed by atoms with Gasteiger partial charge in [0.25, 0.3) is 0 Å². The highest BCUT2D eigenvalue weighted by Crippen LogP contribution is 2.39. The first kappa shape index (κ1) is 10.2. The number of imidazole rings is 1. The van der Waals surface area contributed by atoms with Gasteiger partial charge in [0.05, 0.1) is 5.69 Å². The highest BCUT2D eigenvalue weighted by molar-refractivity contribution is 5.32. The molecular formula is C13H21N3. The third kappa shape index (κ3) is 1.62. The summed E-state index contributed by atoms with van der Waals surface area (Å²) in [5.74, 6) is 2.01. The number of rotatable bonds is 2. The molecule has 3 nitrogen and oxygen atoms in total. The Morgan fingerprint density at radius 1 is 1.38 bits per heavy atom. The fourth-order valence-electron chi connectivity index (χ4n) is 3.27. The Kier molecular flexibility index (Phi) is 2.62. The number of anilines is 1. The monoisotopic (exact) mass is 219 g/mol. The fraction of sp³-hybridized carbons (Fsp3) is 0.769. The van der Waals surface area contributed by atoms with Gasteiger partial charge in [-0.3, -0.25) is 0 Å². The molecule has 1 aliphatic heterocycles. The zero-order valence-electron chi connectivity index (χ0n) is 10.1. The minimum Gasteiger partial charge on any atom is -0.356 e. The standard InChI is InChI=1S/C13H21N3/c1-2-11-9-16-12(10-5-3-4-6-10)7-8-14-13(16)15-11/h9-10,12H,2-8H2,1H3,(H,14,15). The van der Waals surface area contributed by atoms with E-state index in [0.717, 1.165) is 24.8 Å². The van der Waals surface area contributed by atoms with Crippen LogP contribution in [0.5, 0.6) is 0 Å². The first-order chi connectivity index (χ1) is 7.88. The molecule has 3 rings (SSSR count). The lowest BCUT2D eigenvalue weighted by Gasteiger charge is -2.30. The van der Waals surface area contributed by atoms with Gasteiger partial charge in [-0.2, -0.15) is 0 Å². The Morgan fingerprint density at radius 2 is 2.19 bits per heavy atom. The van der Waals surface area contributed by atoms with Gasteiger partial charge in [-0.05, 0) is 31.6 Å².